The Morgan fingerprint density at radius 1 is 1.03 bits per heavy atom. The van der Waals surface area contributed by atoms with Gasteiger partial charge in [-0.05, 0) is 43.2 Å². The molecule has 0 aliphatic carbocycles. The van der Waals surface area contributed by atoms with E-state index >= 15 is 0 Å². The van der Waals surface area contributed by atoms with Gasteiger partial charge in [-0.1, -0.05) is 41.9 Å². The van der Waals surface area contributed by atoms with Gasteiger partial charge in [0.1, 0.15) is 5.76 Å². The van der Waals surface area contributed by atoms with Gasteiger partial charge in [-0.2, -0.15) is 0 Å². The number of hydrogen-bond acceptors (Lipinski definition) is 4. The standard InChI is InChI=1S/C22H20ClN3O3/c1-14-12-15-6-2-5-9-19(15)26(14)13-20-17(10-11-29-20)22(28)25-24-21(27)16-7-3-4-8-18(16)23/h2-11,14H,12-13H2,1H3,(H,24,27)(H,25,28). The first-order chi connectivity index (χ1) is 14.0. The third-order valence-electron chi connectivity index (χ3n) is 5.06. The minimum absolute atomic E-state index is 0.282. The number of para-hydroxylation sites is 1. The summed E-state index contributed by atoms with van der Waals surface area (Å²) in [6.45, 7) is 2.61. The second kappa shape index (κ2) is 8.01. The van der Waals surface area contributed by atoms with Gasteiger partial charge < -0.3 is 9.32 Å². The zero-order valence-corrected chi connectivity index (χ0v) is 16.6. The highest BCUT2D eigenvalue weighted by Gasteiger charge is 2.28. The Labute approximate surface area is 173 Å². The van der Waals surface area contributed by atoms with Gasteiger partial charge in [0.15, 0.2) is 0 Å². The number of rotatable bonds is 4. The van der Waals surface area contributed by atoms with Crippen LogP contribution in [0.5, 0.6) is 0 Å². The van der Waals surface area contributed by atoms with Crippen LogP contribution in [0, 0.1) is 0 Å². The van der Waals surface area contributed by atoms with Crippen LogP contribution in [0.4, 0.5) is 5.69 Å². The second-order valence-corrected chi connectivity index (χ2v) is 7.36. The molecule has 2 aromatic carbocycles. The van der Waals surface area contributed by atoms with Crippen LogP contribution in [-0.2, 0) is 13.0 Å². The lowest BCUT2D eigenvalue weighted by atomic mass is 10.1. The summed E-state index contributed by atoms with van der Waals surface area (Å²) in [6.07, 6.45) is 2.43. The molecule has 3 aromatic rings. The van der Waals surface area contributed by atoms with Crippen molar-refractivity contribution in [2.75, 3.05) is 4.90 Å². The highest BCUT2D eigenvalue weighted by Crippen LogP contribution is 2.33. The van der Waals surface area contributed by atoms with Crippen LogP contribution < -0.4 is 15.8 Å². The Hall–Kier alpha value is -3.25. The number of anilines is 1. The molecule has 7 heteroatoms. The van der Waals surface area contributed by atoms with Gasteiger partial charge in [0.2, 0.25) is 0 Å². The molecule has 0 radical (unpaired) electrons. The Morgan fingerprint density at radius 2 is 1.72 bits per heavy atom. The Morgan fingerprint density at radius 3 is 2.52 bits per heavy atom. The van der Waals surface area contributed by atoms with Crippen LogP contribution in [0.25, 0.3) is 0 Å². The van der Waals surface area contributed by atoms with Gasteiger partial charge in [-0.3, -0.25) is 20.4 Å². The summed E-state index contributed by atoms with van der Waals surface area (Å²) < 4.78 is 5.59. The molecule has 1 unspecified atom stereocenters. The zero-order chi connectivity index (χ0) is 20.4. The van der Waals surface area contributed by atoms with Crippen molar-refractivity contribution in [2.45, 2.75) is 25.9 Å². The lowest BCUT2D eigenvalue weighted by Gasteiger charge is -2.24. The summed E-state index contributed by atoms with van der Waals surface area (Å²) in [7, 11) is 0. The molecule has 6 nitrogen and oxygen atoms in total. The van der Waals surface area contributed by atoms with Crippen molar-refractivity contribution in [2.24, 2.45) is 0 Å². The molecule has 29 heavy (non-hydrogen) atoms. The molecular formula is C22H20ClN3O3. The summed E-state index contributed by atoms with van der Waals surface area (Å²) >= 11 is 6.02. The summed E-state index contributed by atoms with van der Waals surface area (Å²) in [6, 6.07) is 16.7. The Balaban J connectivity index is 1.45. The number of carbonyl (C=O) groups excluding carboxylic acids is 2. The maximum absolute atomic E-state index is 12.6. The van der Waals surface area contributed by atoms with E-state index < -0.39 is 11.8 Å². The van der Waals surface area contributed by atoms with Crippen molar-refractivity contribution < 1.29 is 14.0 Å². The van der Waals surface area contributed by atoms with E-state index in [1.165, 1.54) is 11.8 Å². The molecule has 1 aliphatic heterocycles. The number of hydrazine groups is 1. The highest BCUT2D eigenvalue weighted by atomic mass is 35.5. The fourth-order valence-electron chi connectivity index (χ4n) is 3.58. The molecular weight excluding hydrogens is 390 g/mol. The normalized spacial score (nSPS) is 15.1. The third kappa shape index (κ3) is 3.84. The van der Waals surface area contributed by atoms with Gasteiger partial charge in [-0.25, -0.2) is 0 Å². The Kier molecular flexibility index (Phi) is 5.27. The Bertz CT molecular complexity index is 1060. The van der Waals surface area contributed by atoms with Crippen molar-refractivity contribution in [3.8, 4) is 0 Å². The first-order valence-corrected chi connectivity index (χ1v) is 9.68. The maximum atomic E-state index is 12.6. The molecule has 2 N–H and O–H groups in total. The average Bonchev–Trinajstić information content (AvgIpc) is 3.31. The lowest BCUT2D eigenvalue weighted by Crippen LogP contribution is -2.42. The van der Waals surface area contributed by atoms with Crippen LogP contribution in [0.3, 0.4) is 0 Å². The number of benzene rings is 2. The quantitative estimate of drug-likeness (QED) is 0.639. The van der Waals surface area contributed by atoms with E-state index in [2.05, 4.69) is 34.8 Å². The molecule has 2 amide bonds. The first-order valence-electron chi connectivity index (χ1n) is 9.30. The van der Waals surface area contributed by atoms with Gasteiger partial charge in [0.25, 0.3) is 11.8 Å². The van der Waals surface area contributed by atoms with Gasteiger partial charge >= 0.3 is 0 Å². The fraction of sp³-hybridized carbons (Fsp3) is 0.182. The topological polar surface area (TPSA) is 74.6 Å². The highest BCUT2D eigenvalue weighted by molar-refractivity contribution is 6.33. The van der Waals surface area contributed by atoms with Crippen LogP contribution in [0.1, 0.15) is 39.0 Å². The SMILES string of the molecule is CC1Cc2ccccc2N1Cc1occc1C(=O)NNC(=O)c1ccccc1Cl. The van der Waals surface area contributed by atoms with E-state index in [0.29, 0.717) is 28.9 Å². The average molecular weight is 410 g/mol. The third-order valence-corrected chi connectivity index (χ3v) is 5.39. The van der Waals surface area contributed by atoms with Crippen LogP contribution in [0.2, 0.25) is 5.02 Å². The van der Waals surface area contributed by atoms with E-state index in [0.717, 1.165) is 12.1 Å². The van der Waals surface area contributed by atoms with E-state index in [1.807, 2.05) is 12.1 Å². The second-order valence-electron chi connectivity index (χ2n) is 6.96. The number of halogens is 1. The number of carbonyl (C=O) groups is 2. The van der Waals surface area contributed by atoms with Crippen molar-refractivity contribution in [1.82, 2.24) is 10.9 Å². The van der Waals surface area contributed by atoms with Crippen molar-refractivity contribution in [3.63, 3.8) is 0 Å². The molecule has 2 heterocycles. The minimum Gasteiger partial charge on any atom is -0.467 e. The van der Waals surface area contributed by atoms with Crippen LogP contribution in [0.15, 0.2) is 65.3 Å². The summed E-state index contributed by atoms with van der Waals surface area (Å²) in [4.78, 5) is 27.1. The summed E-state index contributed by atoms with van der Waals surface area (Å²) in [5.41, 5.74) is 7.91. The summed E-state index contributed by atoms with van der Waals surface area (Å²) in [5.74, 6) is -0.400. The number of fused-ring (bicyclic) bond motifs is 1. The fourth-order valence-corrected chi connectivity index (χ4v) is 3.81. The number of nitrogens with zero attached hydrogens (tertiary/aromatic N) is 1. The van der Waals surface area contributed by atoms with Gasteiger partial charge in [0.05, 0.1) is 29.0 Å². The van der Waals surface area contributed by atoms with Crippen molar-refractivity contribution in [1.29, 1.82) is 0 Å². The number of hydrogen-bond donors (Lipinski definition) is 2. The molecule has 0 bridgehead atoms. The zero-order valence-electron chi connectivity index (χ0n) is 15.8. The van der Waals surface area contributed by atoms with E-state index in [-0.39, 0.29) is 5.56 Å². The van der Waals surface area contributed by atoms with E-state index in [4.69, 9.17) is 16.0 Å². The van der Waals surface area contributed by atoms with Gasteiger partial charge in [-0.15, -0.1) is 0 Å². The van der Waals surface area contributed by atoms with E-state index in [1.54, 1.807) is 30.3 Å². The molecule has 1 aliphatic rings. The largest absolute Gasteiger partial charge is 0.467 e. The van der Waals surface area contributed by atoms with Crippen molar-refractivity contribution >= 4 is 29.1 Å². The predicted octanol–water partition coefficient (Wildman–Crippen LogP) is 3.96. The van der Waals surface area contributed by atoms with Crippen molar-refractivity contribution in [3.05, 3.63) is 88.3 Å². The molecule has 1 aromatic heterocycles. The number of furan rings is 1. The molecule has 148 valence electrons. The minimum atomic E-state index is -0.490. The molecule has 0 saturated heterocycles. The predicted molar refractivity (Wildman–Crippen MR) is 111 cm³/mol. The summed E-state index contributed by atoms with van der Waals surface area (Å²) in [5, 5.41) is 0.310. The lowest BCUT2D eigenvalue weighted by molar-refractivity contribution is 0.0845. The van der Waals surface area contributed by atoms with Crippen LogP contribution in [-0.4, -0.2) is 17.9 Å². The molecule has 0 fully saturated rings. The molecule has 1 atom stereocenters. The van der Waals surface area contributed by atoms with E-state index in [9.17, 15) is 9.59 Å². The molecule has 0 saturated carbocycles. The van der Waals surface area contributed by atoms with Gasteiger partial charge in [0, 0.05) is 11.7 Å². The monoisotopic (exact) mass is 409 g/mol. The number of amides is 2. The maximum Gasteiger partial charge on any atom is 0.273 e. The number of nitrogens with one attached hydrogen (secondary N) is 2. The van der Waals surface area contributed by atoms with Crippen LogP contribution >= 0.6 is 11.6 Å². The smallest absolute Gasteiger partial charge is 0.273 e. The molecule has 4 rings (SSSR count). The molecule has 0 spiro atoms. The first kappa shape index (κ1) is 19.1.